The molecule has 1 nitrogen and oxygen atoms in total. The normalized spacial score (nSPS) is 8.67. The Morgan fingerprint density at radius 3 is 1.67 bits per heavy atom. The van der Waals surface area contributed by atoms with Crippen LogP contribution in [0, 0.1) is 0 Å². The van der Waals surface area contributed by atoms with Gasteiger partial charge in [-0.15, -0.1) is 0 Å². The molecule has 9 heavy (non-hydrogen) atoms. The smallest absolute Gasteiger partial charge is 0.245 e. The van der Waals surface area contributed by atoms with Gasteiger partial charge in [0.15, 0.2) is 6.67 Å². The Labute approximate surface area is 50.5 Å². The molecule has 0 amide bonds. The Morgan fingerprint density at radius 1 is 1.44 bits per heavy atom. The Morgan fingerprint density at radius 2 is 1.67 bits per heavy atom. The topological polar surface area (TPSA) is 9.23 Å². The van der Waals surface area contributed by atoms with E-state index in [4.69, 9.17) is 0 Å². The van der Waals surface area contributed by atoms with E-state index in [1.807, 2.05) is 0 Å². The lowest BCUT2D eigenvalue weighted by atomic mass is 10.8. The number of rotatable bonds is 2. The van der Waals surface area contributed by atoms with E-state index in [1.54, 1.807) is 6.92 Å². The molecule has 0 saturated heterocycles. The van der Waals surface area contributed by atoms with Crippen molar-refractivity contribution in [2.24, 2.45) is 0 Å². The zero-order valence-corrected chi connectivity index (χ0v) is 4.91. The van der Waals surface area contributed by atoms with Crippen molar-refractivity contribution in [3.05, 3.63) is 0 Å². The van der Waals surface area contributed by atoms with Crippen LogP contribution < -0.4 is 0 Å². The van der Waals surface area contributed by atoms with Crippen LogP contribution in [0.1, 0.15) is 6.92 Å². The molecule has 0 aliphatic rings. The third-order valence-electron chi connectivity index (χ3n) is 0.226. The van der Waals surface area contributed by atoms with E-state index < -0.39 is 13.1 Å². The maximum absolute atomic E-state index is 10.4. The van der Waals surface area contributed by atoms with E-state index in [-0.39, 0.29) is 6.61 Å². The minimum atomic E-state index is -2.78. The quantitative estimate of drug-likeness (QED) is 0.545. The van der Waals surface area contributed by atoms with Crippen LogP contribution in [-0.2, 0) is 4.94 Å². The summed E-state index contributed by atoms with van der Waals surface area (Å²) in [6.45, 7) is 0.208. The Kier molecular flexibility index (Phi) is 13.5. The van der Waals surface area contributed by atoms with Crippen molar-refractivity contribution in [2.45, 2.75) is 13.3 Å². The van der Waals surface area contributed by atoms with Crippen LogP contribution in [0.25, 0.3) is 0 Å². The first kappa shape index (κ1) is 11.5. The molecule has 5 heteroatoms. The highest BCUT2D eigenvalue weighted by Gasteiger charge is 1.95. The maximum atomic E-state index is 10.4. The van der Waals surface area contributed by atoms with Gasteiger partial charge in [-0.05, 0) is 11.4 Å². The van der Waals surface area contributed by atoms with E-state index in [9.17, 15) is 17.7 Å². The molecule has 0 aliphatic heterocycles. The third kappa shape index (κ3) is 34.5. The molecule has 0 spiro atoms. The van der Waals surface area contributed by atoms with Gasteiger partial charge in [0, 0.05) is 0 Å². The van der Waals surface area contributed by atoms with Gasteiger partial charge in [-0.3, -0.25) is 0 Å². The number of alkyl halides is 3. The molecule has 0 N–H and O–H groups in total. The van der Waals surface area contributed by atoms with Crippen LogP contribution >= 0.6 is 0 Å². The third-order valence-corrected chi connectivity index (χ3v) is 0.226. The summed E-state index contributed by atoms with van der Waals surface area (Å²) in [5, 5.41) is 0. The summed E-state index contributed by atoms with van der Waals surface area (Å²) in [7, 11) is 0. The van der Waals surface area contributed by atoms with Gasteiger partial charge in [-0.1, -0.05) is 0 Å². The molecule has 0 saturated carbocycles. The summed E-state index contributed by atoms with van der Waals surface area (Å²) in [4.78, 5) is 3.04. The Balaban J connectivity index is 0. The van der Waals surface area contributed by atoms with Crippen molar-refractivity contribution in [1.82, 2.24) is 0 Å². The van der Waals surface area contributed by atoms with E-state index >= 15 is 0 Å². The van der Waals surface area contributed by atoms with Crippen molar-refractivity contribution in [3.8, 4) is 0 Å². The molecule has 0 atom stereocenters. The van der Waals surface area contributed by atoms with E-state index in [2.05, 4.69) is 4.94 Å². The predicted molar refractivity (Wildman–Crippen MR) is 24.7 cm³/mol. The van der Waals surface area contributed by atoms with Crippen LogP contribution in [0.4, 0.5) is 17.7 Å². The first-order valence-corrected chi connectivity index (χ1v) is 2.26. The standard InChI is InChI=1S/C2H3F3.C2H5FO/c3-1-2(4)5;1-2-4-3/h2H,1H2;2H2,1H3. The first-order valence-electron chi connectivity index (χ1n) is 2.26. The van der Waals surface area contributed by atoms with Crippen LogP contribution in [0.15, 0.2) is 0 Å². The average Bonchev–Trinajstić information content (AvgIpc) is 1.89. The molecular formula is C4H8F4O. The number of hydrogen-bond acceptors (Lipinski definition) is 1. The lowest BCUT2D eigenvalue weighted by Gasteiger charge is -1.78. The van der Waals surface area contributed by atoms with Crippen molar-refractivity contribution >= 4 is 0 Å². The molecule has 0 unspecified atom stereocenters. The first-order chi connectivity index (χ1) is 4.18. The molecule has 0 aliphatic carbocycles. The largest absolute Gasteiger partial charge is 0.266 e. The van der Waals surface area contributed by atoms with E-state index in [1.165, 1.54) is 0 Å². The van der Waals surface area contributed by atoms with E-state index in [0.29, 0.717) is 0 Å². The number of halogens is 4. The zero-order valence-electron chi connectivity index (χ0n) is 4.91. The molecule has 58 valence electrons. The fraction of sp³-hybridized carbons (Fsp3) is 1.00. The van der Waals surface area contributed by atoms with Crippen molar-refractivity contribution in [2.75, 3.05) is 13.3 Å². The van der Waals surface area contributed by atoms with Gasteiger partial charge < -0.3 is 0 Å². The van der Waals surface area contributed by atoms with Gasteiger partial charge in [0.25, 0.3) is 6.43 Å². The minimum Gasteiger partial charge on any atom is -0.245 e. The van der Waals surface area contributed by atoms with Crippen LogP contribution in [-0.4, -0.2) is 19.7 Å². The highest BCUT2D eigenvalue weighted by Crippen LogP contribution is 1.88. The Bertz CT molecular complexity index is 39.5. The van der Waals surface area contributed by atoms with Gasteiger partial charge >= 0.3 is 0 Å². The molecule has 0 rings (SSSR count). The van der Waals surface area contributed by atoms with Gasteiger partial charge in [0.2, 0.25) is 0 Å². The summed E-state index contributed by atoms with van der Waals surface area (Å²) >= 11 is 0. The molecule has 0 heterocycles. The second-order valence-corrected chi connectivity index (χ2v) is 0.943. The van der Waals surface area contributed by atoms with Crippen molar-refractivity contribution in [3.63, 3.8) is 0 Å². The van der Waals surface area contributed by atoms with Crippen molar-refractivity contribution < 1.29 is 22.6 Å². The average molecular weight is 148 g/mol. The molecule has 0 aromatic heterocycles. The van der Waals surface area contributed by atoms with Gasteiger partial charge in [0.1, 0.15) is 0 Å². The van der Waals surface area contributed by atoms with Crippen LogP contribution in [0.5, 0.6) is 0 Å². The molecule has 0 fully saturated rings. The minimum absolute atomic E-state index is 0.153. The highest BCUT2D eigenvalue weighted by atomic mass is 19.3. The predicted octanol–water partition coefficient (Wildman–Crippen LogP) is 2.13. The maximum Gasteiger partial charge on any atom is 0.266 e. The highest BCUT2D eigenvalue weighted by molar-refractivity contribution is 4.23. The SMILES string of the molecule is CCOF.FCC(F)F. The molecular weight excluding hydrogens is 140 g/mol. The molecule has 0 radical (unpaired) electrons. The molecule has 0 bridgehead atoms. The molecule has 0 aromatic carbocycles. The zero-order chi connectivity index (χ0) is 7.70. The van der Waals surface area contributed by atoms with Crippen molar-refractivity contribution in [1.29, 1.82) is 0 Å². The van der Waals surface area contributed by atoms with Gasteiger partial charge in [0.05, 0.1) is 6.61 Å². The Hall–Kier alpha value is -0.320. The fourth-order valence-electron chi connectivity index (χ4n) is 0. The monoisotopic (exact) mass is 148 g/mol. The number of hydrogen-bond donors (Lipinski definition) is 0. The lowest BCUT2D eigenvalue weighted by Crippen LogP contribution is -1.88. The summed E-state index contributed by atoms with van der Waals surface area (Å²) in [6, 6.07) is 0. The summed E-state index contributed by atoms with van der Waals surface area (Å²) < 4.78 is 41.4. The summed E-state index contributed by atoms with van der Waals surface area (Å²) in [5.41, 5.74) is 0. The fourth-order valence-corrected chi connectivity index (χ4v) is 0. The lowest BCUT2D eigenvalue weighted by molar-refractivity contribution is -0.125. The second kappa shape index (κ2) is 10.6. The van der Waals surface area contributed by atoms with E-state index in [0.717, 1.165) is 0 Å². The summed E-state index contributed by atoms with van der Waals surface area (Å²) in [6.07, 6.45) is -2.78. The molecule has 0 aromatic rings. The van der Waals surface area contributed by atoms with Gasteiger partial charge in [-0.2, -0.15) is 4.94 Å². The summed E-state index contributed by atoms with van der Waals surface area (Å²) in [5.74, 6) is 0. The van der Waals surface area contributed by atoms with Crippen LogP contribution in [0.2, 0.25) is 0 Å². The van der Waals surface area contributed by atoms with Gasteiger partial charge in [-0.25, -0.2) is 13.2 Å². The second-order valence-electron chi connectivity index (χ2n) is 0.943. The van der Waals surface area contributed by atoms with Crippen LogP contribution in [0.3, 0.4) is 0 Å².